The minimum absolute atomic E-state index is 0.249. The van der Waals surface area contributed by atoms with Crippen molar-refractivity contribution < 1.29 is 5.11 Å². The van der Waals surface area contributed by atoms with Crippen LogP contribution in [0, 0.1) is 0 Å². The Kier molecular flexibility index (Phi) is 5.18. The fourth-order valence-electron chi connectivity index (χ4n) is 1.45. The lowest BCUT2D eigenvalue weighted by atomic mass is 10.2. The maximum atomic E-state index is 9.19. The lowest BCUT2D eigenvalue weighted by molar-refractivity contribution is 0.163. The van der Waals surface area contributed by atoms with E-state index in [1.165, 1.54) is 0 Å². The first kappa shape index (κ1) is 12.9. The average Bonchev–Trinajstić information content (AvgIpc) is 2.26. The van der Waals surface area contributed by atoms with Crippen LogP contribution >= 0.6 is 0 Å². The summed E-state index contributed by atoms with van der Waals surface area (Å²) in [6.45, 7) is 3.49. The number of hydrogen-bond donors (Lipinski definition) is 3. The predicted octanol–water partition coefficient (Wildman–Crippen LogP) is 0.570. The van der Waals surface area contributed by atoms with Crippen LogP contribution in [-0.2, 0) is 6.54 Å². The number of aliphatic hydroxyl groups is 1. The monoisotopic (exact) mass is 224 g/mol. The summed E-state index contributed by atoms with van der Waals surface area (Å²) in [6.07, 6.45) is 2.26. The first-order chi connectivity index (χ1) is 7.61. The van der Waals surface area contributed by atoms with Crippen LogP contribution in [0.4, 0.5) is 5.82 Å². The number of aliphatic hydroxyl groups excluding tert-OH is 1. The van der Waals surface area contributed by atoms with Gasteiger partial charge in [-0.2, -0.15) is 0 Å². The number of rotatable bonds is 6. The Morgan fingerprint density at radius 3 is 3.00 bits per heavy atom. The molecule has 90 valence electrons. The number of aromatic nitrogens is 1. The van der Waals surface area contributed by atoms with Gasteiger partial charge in [0.05, 0.1) is 6.10 Å². The van der Waals surface area contributed by atoms with Crippen molar-refractivity contribution in [2.24, 2.45) is 5.84 Å². The molecule has 1 aromatic rings. The zero-order chi connectivity index (χ0) is 12.0. The molecule has 16 heavy (non-hydrogen) atoms. The van der Waals surface area contributed by atoms with Gasteiger partial charge in [0, 0.05) is 19.3 Å². The van der Waals surface area contributed by atoms with Gasteiger partial charge in [-0.05, 0) is 38.1 Å². The van der Waals surface area contributed by atoms with Gasteiger partial charge in [-0.3, -0.25) is 0 Å². The van der Waals surface area contributed by atoms with E-state index in [-0.39, 0.29) is 6.10 Å². The SMILES string of the molecule is CC(O)CCN(C)Cc1ccnc(NN)c1. The van der Waals surface area contributed by atoms with Crippen LogP contribution in [0.1, 0.15) is 18.9 Å². The van der Waals surface area contributed by atoms with Gasteiger partial charge >= 0.3 is 0 Å². The van der Waals surface area contributed by atoms with E-state index in [1.807, 2.05) is 19.2 Å². The smallest absolute Gasteiger partial charge is 0.140 e. The first-order valence-corrected chi connectivity index (χ1v) is 5.40. The summed E-state index contributed by atoms with van der Waals surface area (Å²) < 4.78 is 0. The van der Waals surface area contributed by atoms with Crippen LogP contribution in [0.25, 0.3) is 0 Å². The summed E-state index contributed by atoms with van der Waals surface area (Å²) in [5.41, 5.74) is 3.67. The Bertz CT molecular complexity index is 317. The second-order valence-electron chi connectivity index (χ2n) is 4.07. The van der Waals surface area contributed by atoms with E-state index in [0.29, 0.717) is 5.82 Å². The van der Waals surface area contributed by atoms with Gasteiger partial charge in [0.15, 0.2) is 0 Å². The molecule has 0 radical (unpaired) electrons. The molecule has 0 aliphatic rings. The lowest BCUT2D eigenvalue weighted by Gasteiger charge is -2.17. The van der Waals surface area contributed by atoms with Gasteiger partial charge in [0.1, 0.15) is 5.82 Å². The number of nitrogens with zero attached hydrogens (tertiary/aromatic N) is 2. The van der Waals surface area contributed by atoms with E-state index in [9.17, 15) is 5.11 Å². The highest BCUT2D eigenvalue weighted by molar-refractivity contribution is 5.35. The third-order valence-corrected chi connectivity index (χ3v) is 2.35. The molecule has 5 nitrogen and oxygen atoms in total. The number of nitrogen functional groups attached to an aromatic ring is 1. The van der Waals surface area contributed by atoms with Crippen molar-refractivity contribution in [2.45, 2.75) is 26.0 Å². The number of pyridine rings is 1. The summed E-state index contributed by atoms with van der Waals surface area (Å²) in [5, 5.41) is 9.19. The molecular formula is C11H20N4O. The molecule has 0 aromatic carbocycles. The average molecular weight is 224 g/mol. The molecule has 1 unspecified atom stereocenters. The summed E-state index contributed by atoms with van der Waals surface area (Å²) in [6, 6.07) is 3.87. The van der Waals surface area contributed by atoms with Crippen molar-refractivity contribution in [2.75, 3.05) is 19.0 Å². The molecule has 1 rings (SSSR count). The highest BCUT2D eigenvalue weighted by Crippen LogP contribution is 2.08. The zero-order valence-electron chi connectivity index (χ0n) is 9.85. The first-order valence-electron chi connectivity index (χ1n) is 5.40. The Morgan fingerprint density at radius 2 is 2.38 bits per heavy atom. The second kappa shape index (κ2) is 6.42. The van der Waals surface area contributed by atoms with Crippen molar-refractivity contribution in [3.8, 4) is 0 Å². The molecule has 1 aromatic heterocycles. The highest BCUT2D eigenvalue weighted by Gasteiger charge is 2.03. The van der Waals surface area contributed by atoms with Crippen LogP contribution in [0.3, 0.4) is 0 Å². The molecule has 5 heteroatoms. The molecule has 0 bridgehead atoms. The number of hydrazine groups is 1. The van der Waals surface area contributed by atoms with Crippen molar-refractivity contribution in [3.05, 3.63) is 23.9 Å². The lowest BCUT2D eigenvalue weighted by Crippen LogP contribution is -2.22. The van der Waals surface area contributed by atoms with E-state index in [0.717, 1.165) is 25.1 Å². The Hall–Kier alpha value is -1.17. The van der Waals surface area contributed by atoms with E-state index < -0.39 is 0 Å². The van der Waals surface area contributed by atoms with E-state index in [2.05, 4.69) is 15.3 Å². The molecular weight excluding hydrogens is 204 g/mol. The quantitative estimate of drug-likeness (QED) is 0.486. The van der Waals surface area contributed by atoms with Gasteiger partial charge in [0.2, 0.25) is 0 Å². The number of nitrogens with two attached hydrogens (primary N) is 1. The van der Waals surface area contributed by atoms with Gasteiger partial charge in [-0.25, -0.2) is 10.8 Å². The highest BCUT2D eigenvalue weighted by atomic mass is 16.3. The van der Waals surface area contributed by atoms with Gasteiger partial charge in [-0.1, -0.05) is 0 Å². The minimum atomic E-state index is -0.249. The fraction of sp³-hybridized carbons (Fsp3) is 0.545. The van der Waals surface area contributed by atoms with Crippen LogP contribution in [0.2, 0.25) is 0 Å². The molecule has 0 fully saturated rings. The molecule has 0 aliphatic carbocycles. The molecule has 0 spiro atoms. The Balaban J connectivity index is 2.45. The molecule has 4 N–H and O–H groups in total. The number of hydrogen-bond acceptors (Lipinski definition) is 5. The van der Waals surface area contributed by atoms with Gasteiger partial charge in [-0.15, -0.1) is 0 Å². The van der Waals surface area contributed by atoms with Crippen molar-refractivity contribution in [1.82, 2.24) is 9.88 Å². The Morgan fingerprint density at radius 1 is 1.62 bits per heavy atom. The van der Waals surface area contributed by atoms with Crippen LogP contribution < -0.4 is 11.3 Å². The number of nitrogens with one attached hydrogen (secondary N) is 1. The van der Waals surface area contributed by atoms with Crippen LogP contribution in [0.5, 0.6) is 0 Å². The van der Waals surface area contributed by atoms with Gasteiger partial charge < -0.3 is 15.4 Å². The predicted molar refractivity (Wildman–Crippen MR) is 64.7 cm³/mol. The fourth-order valence-corrected chi connectivity index (χ4v) is 1.45. The normalized spacial score (nSPS) is 12.8. The summed E-state index contributed by atoms with van der Waals surface area (Å²) in [7, 11) is 2.03. The van der Waals surface area contributed by atoms with Crippen molar-refractivity contribution in [3.63, 3.8) is 0 Å². The van der Waals surface area contributed by atoms with Gasteiger partial charge in [0.25, 0.3) is 0 Å². The number of anilines is 1. The van der Waals surface area contributed by atoms with E-state index in [1.54, 1.807) is 13.1 Å². The third kappa shape index (κ3) is 4.57. The van der Waals surface area contributed by atoms with E-state index in [4.69, 9.17) is 5.84 Å². The molecule has 0 amide bonds. The molecule has 0 saturated carbocycles. The third-order valence-electron chi connectivity index (χ3n) is 2.35. The summed E-state index contributed by atoms with van der Waals surface area (Å²) >= 11 is 0. The van der Waals surface area contributed by atoms with Crippen LogP contribution in [0.15, 0.2) is 18.3 Å². The summed E-state index contributed by atoms with van der Waals surface area (Å²) in [5.74, 6) is 5.96. The molecule has 1 heterocycles. The maximum absolute atomic E-state index is 9.19. The topological polar surface area (TPSA) is 74.4 Å². The molecule has 0 saturated heterocycles. The maximum Gasteiger partial charge on any atom is 0.140 e. The Labute approximate surface area is 96.3 Å². The minimum Gasteiger partial charge on any atom is -0.393 e. The van der Waals surface area contributed by atoms with E-state index >= 15 is 0 Å². The van der Waals surface area contributed by atoms with Crippen LogP contribution in [-0.4, -0.2) is 34.7 Å². The largest absolute Gasteiger partial charge is 0.393 e. The second-order valence-corrected chi connectivity index (χ2v) is 4.07. The summed E-state index contributed by atoms with van der Waals surface area (Å²) in [4.78, 5) is 6.20. The molecule has 0 aliphatic heterocycles. The zero-order valence-corrected chi connectivity index (χ0v) is 9.85. The standard InChI is InChI=1S/C11H20N4O/c1-9(16)4-6-15(2)8-10-3-5-13-11(7-10)14-12/h3,5,7,9,16H,4,6,8,12H2,1-2H3,(H,13,14). The van der Waals surface area contributed by atoms with Crippen molar-refractivity contribution in [1.29, 1.82) is 0 Å². The molecule has 1 atom stereocenters. The van der Waals surface area contributed by atoms with Crippen molar-refractivity contribution >= 4 is 5.82 Å².